The van der Waals surface area contributed by atoms with Crippen LogP contribution >= 0.6 is 0 Å². The minimum absolute atomic E-state index is 0.0321. The molecule has 1 aromatic carbocycles. The summed E-state index contributed by atoms with van der Waals surface area (Å²) in [5.74, 6) is -0.462. The average molecular weight is 483 g/mol. The van der Waals surface area contributed by atoms with Crippen molar-refractivity contribution in [1.29, 1.82) is 0 Å². The summed E-state index contributed by atoms with van der Waals surface area (Å²) in [7, 11) is 3.40. The number of nitrogens with zero attached hydrogens (tertiary/aromatic N) is 4. The summed E-state index contributed by atoms with van der Waals surface area (Å²) in [5, 5.41) is 17.5. The Morgan fingerprint density at radius 3 is 2.86 bits per heavy atom. The summed E-state index contributed by atoms with van der Waals surface area (Å²) >= 11 is 0. The predicted octanol–water partition coefficient (Wildman–Crippen LogP) is 4.17. The Balaban J connectivity index is 1.37. The highest BCUT2D eigenvalue weighted by molar-refractivity contribution is 5.70. The molecule has 0 spiro atoms. The zero-order valence-electron chi connectivity index (χ0n) is 20.1. The number of aliphatic carboxylic acids is 1. The number of hydrogen-bond acceptors (Lipinski definition) is 7. The fraction of sp³-hybridized carbons (Fsp3) is 0.440. The number of carbonyl (C=O) groups excluding carboxylic acids is 1. The summed E-state index contributed by atoms with van der Waals surface area (Å²) in [6.07, 6.45) is 2.02. The van der Waals surface area contributed by atoms with Crippen LogP contribution < -0.4 is 4.74 Å². The van der Waals surface area contributed by atoms with Crippen LogP contribution in [0.1, 0.15) is 42.5 Å². The van der Waals surface area contributed by atoms with Gasteiger partial charge in [0.15, 0.2) is 11.5 Å². The van der Waals surface area contributed by atoms with Crippen molar-refractivity contribution < 1.29 is 28.6 Å². The van der Waals surface area contributed by atoms with E-state index in [0.29, 0.717) is 42.5 Å². The van der Waals surface area contributed by atoms with E-state index in [0.717, 1.165) is 24.0 Å². The molecule has 0 aliphatic heterocycles. The first kappa shape index (κ1) is 24.3. The molecule has 0 saturated heterocycles. The van der Waals surface area contributed by atoms with Crippen molar-refractivity contribution in [2.24, 2.45) is 13.0 Å². The molecular weight excluding hydrogens is 452 g/mol. The van der Waals surface area contributed by atoms with Crippen LogP contribution in [0.4, 0.5) is 4.79 Å². The Hall–Kier alpha value is -3.82. The topological polar surface area (TPSA) is 120 Å². The molecule has 2 aromatic heterocycles. The third-order valence-electron chi connectivity index (χ3n) is 6.16. The molecule has 4 rings (SSSR count). The number of benzene rings is 1. The zero-order valence-corrected chi connectivity index (χ0v) is 20.1. The summed E-state index contributed by atoms with van der Waals surface area (Å²) < 4.78 is 18.8. The van der Waals surface area contributed by atoms with Gasteiger partial charge in [0.25, 0.3) is 5.95 Å². The van der Waals surface area contributed by atoms with Crippen LogP contribution in [-0.4, -0.2) is 50.2 Å². The van der Waals surface area contributed by atoms with E-state index in [9.17, 15) is 14.7 Å². The molecule has 1 amide bonds. The molecule has 1 saturated carbocycles. The molecular formula is C25H30N4O6. The van der Waals surface area contributed by atoms with Gasteiger partial charge in [0.1, 0.15) is 18.4 Å². The van der Waals surface area contributed by atoms with Gasteiger partial charge in [-0.1, -0.05) is 35.0 Å². The number of aryl methyl sites for hydroxylation is 2. The molecule has 0 unspecified atom stereocenters. The van der Waals surface area contributed by atoms with Crippen LogP contribution in [0.25, 0.3) is 11.5 Å². The van der Waals surface area contributed by atoms with Crippen molar-refractivity contribution in [2.45, 2.75) is 51.9 Å². The molecule has 35 heavy (non-hydrogen) atoms. The second kappa shape index (κ2) is 10.6. The van der Waals surface area contributed by atoms with Gasteiger partial charge in [-0.05, 0) is 44.2 Å². The molecule has 2 atom stereocenters. The molecule has 10 heteroatoms. The fourth-order valence-electron chi connectivity index (χ4n) is 4.27. The molecule has 1 aliphatic carbocycles. The first-order valence-corrected chi connectivity index (χ1v) is 11.6. The molecule has 1 fully saturated rings. The van der Waals surface area contributed by atoms with Crippen LogP contribution in [0, 0.1) is 12.8 Å². The molecule has 1 aliphatic rings. The minimum atomic E-state index is -0.790. The number of hydrogen-bond donors (Lipinski definition) is 1. The smallest absolute Gasteiger partial charge is 0.410 e. The van der Waals surface area contributed by atoms with Gasteiger partial charge < -0.3 is 23.9 Å². The highest BCUT2D eigenvalue weighted by Crippen LogP contribution is 2.32. The fourth-order valence-corrected chi connectivity index (χ4v) is 4.27. The van der Waals surface area contributed by atoms with Crippen molar-refractivity contribution in [3.63, 3.8) is 0 Å². The lowest BCUT2D eigenvalue weighted by atomic mass is 9.87. The van der Waals surface area contributed by atoms with E-state index in [1.54, 1.807) is 26.2 Å². The number of furan rings is 1. The predicted molar refractivity (Wildman–Crippen MR) is 126 cm³/mol. The number of amides is 1. The van der Waals surface area contributed by atoms with E-state index in [1.807, 2.05) is 31.2 Å². The van der Waals surface area contributed by atoms with Gasteiger partial charge in [0.05, 0.1) is 5.92 Å². The second-order valence-corrected chi connectivity index (χ2v) is 8.97. The van der Waals surface area contributed by atoms with E-state index < -0.39 is 18.0 Å². The van der Waals surface area contributed by atoms with Gasteiger partial charge in [-0.3, -0.25) is 4.79 Å². The van der Waals surface area contributed by atoms with E-state index in [1.165, 1.54) is 9.58 Å². The Morgan fingerprint density at radius 2 is 2.09 bits per heavy atom. The first-order valence-electron chi connectivity index (χ1n) is 11.6. The Bertz CT molecular complexity index is 1190. The lowest BCUT2D eigenvalue weighted by molar-refractivity contribution is -0.144. The number of aromatic nitrogens is 3. The summed E-state index contributed by atoms with van der Waals surface area (Å²) in [4.78, 5) is 25.4. The lowest BCUT2D eigenvalue weighted by Crippen LogP contribution is -2.29. The average Bonchev–Trinajstić information content (AvgIpc) is 3.43. The standard InChI is InChI=1S/C25H30N4O6/c1-16-6-4-7-17(12-16)14-28(2)25(32)33-15-20-23(26-27-29(20)3)21-10-11-22(35-21)34-19-9-5-8-18(13-19)24(30)31/h4,6-7,10-12,18-19H,5,8-9,13-15H2,1-3H3,(H,30,31)/t18-,19-/m0/s1. The monoisotopic (exact) mass is 482 g/mol. The van der Waals surface area contributed by atoms with Crippen molar-refractivity contribution in [2.75, 3.05) is 7.05 Å². The third kappa shape index (κ3) is 6.00. The maximum Gasteiger partial charge on any atom is 0.410 e. The zero-order chi connectivity index (χ0) is 24.9. The highest BCUT2D eigenvalue weighted by atomic mass is 16.6. The second-order valence-electron chi connectivity index (χ2n) is 8.97. The van der Waals surface area contributed by atoms with Crippen LogP contribution in [0.5, 0.6) is 5.95 Å². The number of carboxylic acid groups (broad SMARTS) is 1. The van der Waals surface area contributed by atoms with E-state index >= 15 is 0 Å². The van der Waals surface area contributed by atoms with Gasteiger partial charge in [0.2, 0.25) is 0 Å². The number of rotatable bonds is 8. The van der Waals surface area contributed by atoms with Crippen molar-refractivity contribution >= 4 is 12.1 Å². The normalized spacial score (nSPS) is 17.7. The van der Waals surface area contributed by atoms with Crippen molar-refractivity contribution in [3.8, 4) is 17.4 Å². The van der Waals surface area contributed by atoms with Gasteiger partial charge in [-0.15, -0.1) is 5.10 Å². The van der Waals surface area contributed by atoms with Crippen LogP contribution in [0.15, 0.2) is 40.8 Å². The first-order chi connectivity index (χ1) is 16.8. The molecule has 186 valence electrons. The maximum absolute atomic E-state index is 12.6. The minimum Gasteiger partial charge on any atom is -0.481 e. The third-order valence-corrected chi connectivity index (χ3v) is 6.16. The van der Waals surface area contributed by atoms with E-state index in [2.05, 4.69) is 10.3 Å². The van der Waals surface area contributed by atoms with Crippen molar-refractivity contribution in [1.82, 2.24) is 19.9 Å². The van der Waals surface area contributed by atoms with Gasteiger partial charge in [-0.25, -0.2) is 9.48 Å². The molecule has 0 bridgehead atoms. The molecule has 1 N–H and O–H groups in total. The lowest BCUT2D eigenvalue weighted by Gasteiger charge is -2.26. The highest BCUT2D eigenvalue weighted by Gasteiger charge is 2.29. The summed E-state index contributed by atoms with van der Waals surface area (Å²) in [6.45, 7) is 2.40. The number of carboxylic acids is 1. The molecule has 0 radical (unpaired) electrons. The van der Waals surface area contributed by atoms with Gasteiger partial charge in [-0.2, -0.15) is 0 Å². The van der Waals surface area contributed by atoms with Gasteiger partial charge in [0, 0.05) is 26.7 Å². The Morgan fingerprint density at radius 1 is 1.26 bits per heavy atom. The van der Waals surface area contributed by atoms with E-state index in [4.69, 9.17) is 13.9 Å². The maximum atomic E-state index is 12.6. The number of carbonyl (C=O) groups is 2. The van der Waals surface area contributed by atoms with Crippen LogP contribution in [0.2, 0.25) is 0 Å². The van der Waals surface area contributed by atoms with Crippen LogP contribution in [-0.2, 0) is 29.7 Å². The Labute approximate surface area is 203 Å². The molecule has 3 aromatic rings. The Kier molecular flexibility index (Phi) is 7.38. The van der Waals surface area contributed by atoms with E-state index in [-0.39, 0.29) is 12.7 Å². The van der Waals surface area contributed by atoms with Gasteiger partial charge >= 0.3 is 12.1 Å². The summed E-state index contributed by atoms with van der Waals surface area (Å²) in [6, 6.07) is 11.3. The largest absolute Gasteiger partial charge is 0.481 e. The quantitative estimate of drug-likeness (QED) is 0.508. The van der Waals surface area contributed by atoms with Crippen LogP contribution in [0.3, 0.4) is 0 Å². The molecule has 2 heterocycles. The van der Waals surface area contributed by atoms with Crippen molar-refractivity contribution in [3.05, 3.63) is 53.2 Å². The SMILES string of the molecule is Cc1cccc(CN(C)C(=O)OCc2c(-c3ccc(O[C@H]4CCC[C@H](C(=O)O)C4)o3)nnn2C)c1. The number of ether oxygens (including phenoxy) is 2. The summed E-state index contributed by atoms with van der Waals surface area (Å²) in [5.41, 5.74) is 3.17. The molecule has 10 nitrogen and oxygen atoms in total.